The normalized spacial score (nSPS) is 21.6. The minimum absolute atomic E-state index is 0.0519. The molecule has 0 bridgehead atoms. The van der Waals surface area contributed by atoms with Crippen LogP contribution in [0.1, 0.15) is 190 Å². The van der Waals surface area contributed by atoms with Crippen molar-refractivity contribution in [3.8, 4) is 11.1 Å². The van der Waals surface area contributed by atoms with E-state index in [-0.39, 0.29) is 43.8 Å². The van der Waals surface area contributed by atoms with E-state index < -0.39 is 0 Å². The van der Waals surface area contributed by atoms with Crippen LogP contribution in [0.4, 0.5) is 34.1 Å². The molecule has 2 heterocycles. The molecule has 6 aromatic carbocycles. The highest BCUT2D eigenvalue weighted by Crippen LogP contribution is 2.65. The highest BCUT2D eigenvalue weighted by molar-refractivity contribution is 5.98. The van der Waals surface area contributed by atoms with Crippen molar-refractivity contribution in [1.82, 2.24) is 0 Å². The van der Waals surface area contributed by atoms with Gasteiger partial charge in [-0.15, -0.1) is 0 Å². The second kappa shape index (κ2) is 13.1. The molecule has 11 rings (SSSR count). The number of fused-ring (bicyclic) bond motifs is 7. The van der Waals surface area contributed by atoms with Crippen molar-refractivity contribution in [2.75, 3.05) is 9.80 Å². The fourth-order valence-electron chi connectivity index (χ4n) is 14.7. The predicted octanol–water partition coefficient (Wildman–Crippen LogP) is 17.6. The van der Waals surface area contributed by atoms with Gasteiger partial charge in [0.1, 0.15) is 0 Å². The van der Waals surface area contributed by atoms with E-state index in [2.05, 4.69) is 224 Å². The van der Waals surface area contributed by atoms with Crippen molar-refractivity contribution in [1.29, 1.82) is 0 Å². The third-order valence-corrected chi connectivity index (χ3v) is 17.0. The first-order chi connectivity index (χ1) is 30.2. The van der Waals surface area contributed by atoms with E-state index in [0.29, 0.717) is 0 Å². The third-order valence-electron chi connectivity index (χ3n) is 17.0. The summed E-state index contributed by atoms with van der Waals surface area (Å²) in [6, 6.07) is 41.6. The molecule has 2 nitrogen and oxygen atoms in total. The SMILES string of the molecule is Cc1cc2c(cc1N1c3cc(-c4ccccc4)ccc3C3c4cc5c(cc4N(c4ccc6c(c4)C(C)(C)CC6(C)C)c4cc(C(C)(C)C)cc1c43)C(C)(C)CC5(C)C)C(C)(C)CC2(C)C. The zero-order chi connectivity index (χ0) is 46.3. The first-order valence-electron chi connectivity index (χ1n) is 24.7. The average Bonchev–Trinajstić information content (AvgIpc) is 3.61. The molecule has 3 aliphatic carbocycles. The second-order valence-corrected chi connectivity index (χ2v) is 26.1. The van der Waals surface area contributed by atoms with Crippen LogP contribution in [0.15, 0.2) is 103 Å². The van der Waals surface area contributed by atoms with E-state index in [1.807, 2.05) is 0 Å². The van der Waals surface area contributed by atoms with E-state index in [1.54, 1.807) is 0 Å². The van der Waals surface area contributed by atoms with Gasteiger partial charge in [0.05, 0.1) is 22.7 Å². The summed E-state index contributed by atoms with van der Waals surface area (Å²) in [5.74, 6) is 0.0519. The van der Waals surface area contributed by atoms with Crippen LogP contribution in [-0.4, -0.2) is 0 Å². The van der Waals surface area contributed by atoms with Crippen LogP contribution in [0.25, 0.3) is 11.1 Å². The Morgan fingerprint density at radius 2 is 0.908 bits per heavy atom. The van der Waals surface area contributed by atoms with Crippen LogP contribution in [0.3, 0.4) is 0 Å². The summed E-state index contributed by atoms with van der Waals surface area (Å²) in [6.45, 7) is 39.1. The zero-order valence-electron chi connectivity index (χ0n) is 42.4. The maximum atomic E-state index is 2.71. The summed E-state index contributed by atoms with van der Waals surface area (Å²) >= 11 is 0. The lowest BCUT2D eigenvalue weighted by Crippen LogP contribution is -2.31. The van der Waals surface area contributed by atoms with Gasteiger partial charge in [0.25, 0.3) is 0 Å². The van der Waals surface area contributed by atoms with Gasteiger partial charge in [0.2, 0.25) is 0 Å². The molecule has 6 aromatic rings. The van der Waals surface area contributed by atoms with Crippen molar-refractivity contribution in [2.45, 2.75) is 174 Å². The Hall–Kier alpha value is -5.08. The van der Waals surface area contributed by atoms with Gasteiger partial charge in [-0.2, -0.15) is 0 Å². The molecule has 2 heteroatoms. The summed E-state index contributed by atoms with van der Waals surface area (Å²) in [7, 11) is 0. The standard InChI is InChI=1S/C63H72N2/c1-37-26-45-48(62(13,14)35-59(45,7)8)32-50(37)65-51-27-39(38-20-18-17-19-21-38)22-24-42(51)55-43-31-47-49(63(15,16)36-61(47,11)12)33-52(43)64(53-28-40(57(2,3)4)29-54(65)56(53)55)41-23-25-44-46(30-41)60(9,10)34-58(44,5)6/h17-33,55H,34-36H2,1-16H3. The molecule has 1 unspecified atom stereocenters. The van der Waals surface area contributed by atoms with E-state index in [1.165, 1.54) is 106 Å². The Morgan fingerprint density at radius 1 is 0.415 bits per heavy atom. The Bertz CT molecular complexity index is 3010. The van der Waals surface area contributed by atoms with Gasteiger partial charge >= 0.3 is 0 Å². The highest BCUT2D eigenvalue weighted by Gasteiger charge is 2.49. The van der Waals surface area contributed by atoms with Gasteiger partial charge in [-0.25, -0.2) is 0 Å². The summed E-state index contributed by atoms with van der Waals surface area (Å²) < 4.78 is 0. The van der Waals surface area contributed by atoms with E-state index >= 15 is 0 Å². The lowest BCUT2D eigenvalue weighted by molar-refractivity contribution is 0.402. The largest absolute Gasteiger partial charge is 0.310 e. The topological polar surface area (TPSA) is 6.48 Å². The molecule has 1 atom stereocenters. The number of benzene rings is 6. The van der Waals surface area contributed by atoms with Gasteiger partial charge in [-0.1, -0.05) is 165 Å². The van der Waals surface area contributed by atoms with Gasteiger partial charge in [0.15, 0.2) is 0 Å². The number of aryl methyl sites for hydroxylation is 1. The van der Waals surface area contributed by atoms with Crippen LogP contribution in [-0.2, 0) is 37.9 Å². The summed E-state index contributed by atoms with van der Waals surface area (Å²) in [5.41, 5.74) is 26.6. The maximum Gasteiger partial charge on any atom is 0.0527 e. The molecule has 0 aromatic heterocycles. The highest BCUT2D eigenvalue weighted by atomic mass is 15.2. The number of hydrogen-bond acceptors (Lipinski definition) is 2. The quantitative estimate of drug-likeness (QED) is 0.175. The molecule has 5 aliphatic rings. The van der Waals surface area contributed by atoms with Gasteiger partial charge < -0.3 is 9.80 Å². The fraction of sp³-hybridized carbons (Fsp3) is 0.429. The molecule has 0 N–H and O–H groups in total. The third kappa shape index (κ3) is 6.10. The lowest BCUT2D eigenvalue weighted by Gasteiger charge is -2.47. The molecule has 0 spiro atoms. The van der Waals surface area contributed by atoms with Crippen molar-refractivity contribution >= 4 is 34.1 Å². The average molecular weight is 857 g/mol. The van der Waals surface area contributed by atoms with E-state index in [4.69, 9.17) is 0 Å². The van der Waals surface area contributed by atoms with Crippen molar-refractivity contribution < 1.29 is 0 Å². The first-order valence-corrected chi connectivity index (χ1v) is 24.7. The monoisotopic (exact) mass is 857 g/mol. The van der Waals surface area contributed by atoms with Gasteiger partial charge in [-0.3, -0.25) is 0 Å². The molecular formula is C63H72N2. The number of anilines is 6. The summed E-state index contributed by atoms with van der Waals surface area (Å²) in [6.07, 6.45) is 3.42. The van der Waals surface area contributed by atoms with Crippen LogP contribution in [0.5, 0.6) is 0 Å². The first kappa shape index (κ1) is 42.5. The van der Waals surface area contributed by atoms with Gasteiger partial charge in [0, 0.05) is 22.9 Å². The number of rotatable bonds is 3. The smallest absolute Gasteiger partial charge is 0.0527 e. The zero-order valence-corrected chi connectivity index (χ0v) is 42.4. The van der Waals surface area contributed by atoms with Crippen LogP contribution in [0.2, 0.25) is 0 Å². The molecule has 0 radical (unpaired) electrons. The number of hydrogen-bond donors (Lipinski definition) is 0. The Kier molecular flexibility index (Phi) is 8.56. The van der Waals surface area contributed by atoms with E-state index in [9.17, 15) is 0 Å². The Morgan fingerprint density at radius 3 is 1.49 bits per heavy atom. The Labute approximate surface area is 391 Å². The minimum Gasteiger partial charge on any atom is -0.310 e. The molecule has 0 fully saturated rings. The van der Waals surface area contributed by atoms with E-state index in [0.717, 1.165) is 19.3 Å². The van der Waals surface area contributed by atoms with Crippen LogP contribution >= 0.6 is 0 Å². The van der Waals surface area contributed by atoms with Crippen molar-refractivity contribution in [2.24, 2.45) is 0 Å². The van der Waals surface area contributed by atoms with Crippen molar-refractivity contribution in [3.05, 3.63) is 164 Å². The maximum absolute atomic E-state index is 2.71. The minimum atomic E-state index is -0.0995. The fourth-order valence-corrected chi connectivity index (χ4v) is 14.7. The summed E-state index contributed by atoms with van der Waals surface area (Å²) in [4.78, 5) is 5.42. The summed E-state index contributed by atoms with van der Waals surface area (Å²) in [5, 5.41) is 0. The van der Waals surface area contributed by atoms with Gasteiger partial charge in [-0.05, 0) is 173 Å². The molecular weight excluding hydrogens is 785 g/mol. The number of nitrogens with zero attached hydrogens (tertiary/aromatic N) is 2. The Balaban J connectivity index is 1.28. The molecule has 334 valence electrons. The molecule has 0 saturated carbocycles. The van der Waals surface area contributed by atoms with Crippen molar-refractivity contribution in [3.63, 3.8) is 0 Å². The van der Waals surface area contributed by atoms with Crippen LogP contribution in [0, 0.1) is 6.92 Å². The van der Waals surface area contributed by atoms with Crippen LogP contribution < -0.4 is 9.80 Å². The molecule has 0 amide bonds. The molecule has 2 aliphatic heterocycles. The second-order valence-electron chi connectivity index (χ2n) is 26.1. The lowest BCUT2D eigenvalue weighted by atomic mass is 9.72. The molecule has 65 heavy (non-hydrogen) atoms. The predicted molar refractivity (Wildman–Crippen MR) is 278 cm³/mol. The molecule has 0 saturated heterocycles.